The second-order valence-corrected chi connectivity index (χ2v) is 9.09. The highest BCUT2D eigenvalue weighted by Gasteiger charge is 2.30. The number of hydrogen-bond acceptors (Lipinski definition) is 4. The third-order valence-electron chi connectivity index (χ3n) is 6.65. The fraction of sp³-hybridized carbons (Fsp3) is 0.696. The number of carbonyl (C=O) groups excluding carboxylic acids is 1. The molecule has 1 aromatic carbocycles. The first-order valence-electron chi connectivity index (χ1n) is 11.2. The van der Waals surface area contributed by atoms with Gasteiger partial charge in [0, 0.05) is 46.3 Å². The van der Waals surface area contributed by atoms with Crippen LogP contribution in [0.5, 0.6) is 5.75 Å². The molecule has 3 rings (SSSR count). The SMILES string of the molecule is CN1CCN(C[C@H]2CC[C@H](CCN(C)C(=O)Oc3ccc(C(F)(F)F)cc3)CC2)CC1. The van der Waals surface area contributed by atoms with E-state index in [1.807, 2.05) is 0 Å². The van der Waals surface area contributed by atoms with E-state index in [1.165, 1.54) is 62.4 Å². The minimum absolute atomic E-state index is 0.120. The second kappa shape index (κ2) is 10.7. The molecule has 8 heteroatoms. The molecule has 1 aliphatic heterocycles. The first kappa shape index (κ1) is 23.9. The van der Waals surface area contributed by atoms with Crippen molar-refractivity contribution in [1.29, 1.82) is 0 Å². The maximum atomic E-state index is 12.6. The van der Waals surface area contributed by atoms with Crippen LogP contribution in [-0.4, -0.2) is 74.2 Å². The minimum Gasteiger partial charge on any atom is -0.410 e. The normalized spacial score (nSPS) is 23.5. The zero-order valence-corrected chi connectivity index (χ0v) is 18.5. The van der Waals surface area contributed by atoms with Gasteiger partial charge in [-0.1, -0.05) is 12.8 Å². The number of hydrogen-bond donors (Lipinski definition) is 0. The Bertz CT molecular complexity index is 695. The molecule has 2 fully saturated rings. The molecule has 174 valence electrons. The van der Waals surface area contributed by atoms with Crippen LogP contribution in [0.25, 0.3) is 0 Å². The molecule has 1 aliphatic carbocycles. The van der Waals surface area contributed by atoms with Crippen molar-refractivity contribution in [2.75, 3.05) is 53.4 Å². The summed E-state index contributed by atoms with van der Waals surface area (Å²) in [5.41, 5.74) is -0.760. The number of likely N-dealkylation sites (N-methyl/N-ethyl adjacent to an activating group) is 1. The molecule has 0 unspecified atom stereocenters. The predicted molar refractivity (Wildman–Crippen MR) is 114 cm³/mol. The molecule has 1 heterocycles. The molecule has 2 aliphatic rings. The number of nitrogens with zero attached hydrogens (tertiary/aromatic N) is 3. The Hall–Kier alpha value is -1.80. The van der Waals surface area contributed by atoms with E-state index in [0.717, 1.165) is 37.6 Å². The van der Waals surface area contributed by atoms with Crippen LogP contribution < -0.4 is 4.74 Å². The van der Waals surface area contributed by atoms with Crippen molar-refractivity contribution in [3.05, 3.63) is 29.8 Å². The summed E-state index contributed by atoms with van der Waals surface area (Å²) < 4.78 is 43.1. The molecule has 5 nitrogen and oxygen atoms in total. The number of ether oxygens (including phenoxy) is 1. The molecular formula is C23H34F3N3O2. The van der Waals surface area contributed by atoms with E-state index in [0.29, 0.717) is 12.5 Å². The summed E-state index contributed by atoms with van der Waals surface area (Å²) in [4.78, 5) is 18.7. The monoisotopic (exact) mass is 441 g/mol. The molecule has 0 atom stereocenters. The molecule has 0 N–H and O–H groups in total. The van der Waals surface area contributed by atoms with Gasteiger partial charge in [0.1, 0.15) is 5.75 Å². The number of rotatable bonds is 6. The molecule has 0 bridgehead atoms. The van der Waals surface area contributed by atoms with Crippen molar-refractivity contribution in [2.24, 2.45) is 11.8 Å². The van der Waals surface area contributed by atoms with Gasteiger partial charge in [-0.05, 0) is 62.4 Å². The van der Waals surface area contributed by atoms with Crippen LogP contribution in [-0.2, 0) is 6.18 Å². The standard InChI is InChI=1S/C23H34F3N3O2/c1-27-13-15-29(16-14-27)17-19-5-3-18(4-6-19)11-12-28(2)22(30)31-21-9-7-20(8-10-21)23(24,25)26/h7-10,18-19H,3-6,11-17H2,1-2H3/t18-,19-. The van der Waals surface area contributed by atoms with Crippen LogP contribution >= 0.6 is 0 Å². The Balaban J connectivity index is 1.34. The first-order valence-corrected chi connectivity index (χ1v) is 11.2. The summed E-state index contributed by atoms with van der Waals surface area (Å²) >= 11 is 0. The van der Waals surface area contributed by atoms with Gasteiger partial charge in [0.2, 0.25) is 0 Å². The maximum absolute atomic E-state index is 12.6. The highest BCUT2D eigenvalue weighted by molar-refractivity contribution is 5.70. The van der Waals surface area contributed by atoms with E-state index in [4.69, 9.17) is 4.74 Å². The first-order chi connectivity index (χ1) is 14.7. The topological polar surface area (TPSA) is 36.0 Å². The van der Waals surface area contributed by atoms with Crippen LogP contribution in [0.15, 0.2) is 24.3 Å². The van der Waals surface area contributed by atoms with Crippen LogP contribution in [0.3, 0.4) is 0 Å². The predicted octanol–water partition coefficient (Wildman–Crippen LogP) is 4.58. The van der Waals surface area contributed by atoms with Crippen LogP contribution in [0.1, 0.15) is 37.7 Å². The Labute approximate surface area is 183 Å². The van der Waals surface area contributed by atoms with Gasteiger partial charge >= 0.3 is 12.3 Å². The highest BCUT2D eigenvalue weighted by Crippen LogP contribution is 2.32. The van der Waals surface area contributed by atoms with Crippen LogP contribution in [0.2, 0.25) is 0 Å². The van der Waals surface area contributed by atoms with Gasteiger partial charge in [-0.3, -0.25) is 0 Å². The van der Waals surface area contributed by atoms with Gasteiger partial charge < -0.3 is 19.4 Å². The fourth-order valence-corrected chi connectivity index (χ4v) is 4.46. The molecule has 0 aromatic heterocycles. The molecular weight excluding hydrogens is 407 g/mol. The summed E-state index contributed by atoms with van der Waals surface area (Å²) in [6.07, 6.45) is 0.875. The molecule has 1 aromatic rings. The van der Waals surface area contributed by atoms with E-state index in [1.54, 1.807) is 7.05 Å². The van der Waals surface area contributed by atoms with Gasteiger partial charge in [0.25, 0.3) is 0 Å². The number of carbonyl (C=O) groups is 1. The summed E-state index contributed by atoms with van der Waals surface area (Å²) in [5, 5.41) is 0. The van der Waals surface area contributed by atoms with E-state index >= 15 is 0 Å². The Morgan fingerprint density at radius 1 is 1.03 bits per heavy atom. The Morgan fingerprint density at radius 2 is 1.61 bits per heavy atom. The molecule has 31 heavy (non-hydrogen) atoms. The molecule has 1 amide bonds. The number of benzene rings is 1. The molecule has 0 radical (unpaired) electrons. The van der Waals surface area contributed by atoms with Crippen LogP contribution in [0.4, 0.5) is 18.0 Å². The van der Waals surface area contributed by atoms with E-state index < -0.39 is 17.8 Å². The maximum Gasteiger partial charge on any atom is 0.416 e. The van der Waals surface area contributed by atoms with Gasteiger partial charge in [-0.25, -0.2) is 4.79 Å². The Morgan fingerprint density at radius 3 is 2.19 bits per heavy atom. The molecule has 1 saturated carbocycles. The summed E-state index contributed by atoms with van der Waals surface area (Å²) in [6.45, 7) is 6.45. The van der Waals surface area contributed by atoms with E-state index in [-0.39, 0.29) is 5.75 Å². The number of alkyl halides is 3. The van der Waals surface area contributed by atoms with Gasteiger partial charge in [0.15, 0.2) is 0 Å². The summed E-state index contributed by atoms with van der Waals surface area (Å²) in [5.74, 6) is 1.52. The third-order valence-corrected chi connectivity index (χ3v) is 6.65. The quantitative estimate of drug-likeness (QED) is 0.648. The van der Waals surface area contributed by atoms with Gasteiger partial charge in [-0.2, -0.15) is 13.2 Å². The zero-order chi connectivity index (χ0) is 22.4. The zero-order valence-electron chi connectivity index (χ0n) is 18.5. The second-order valence-electron chi connectivity index (χ2n) is 9.09. The van der Waals surface area contributed by atoms with Crippen molar-refractivity contribution in [3.63, 3.8) is 0 Å². The van der Waals surface area contributed by atoms with Crippen molar-refractivity contribution in [2.45, 2.75) is 38.3 Å². The van der Waals surface area contributed by atoms with Gasteiger partial charge in [0.05, 0.1) is 5.56 Å². The lowest BCUT2D eigenvalue weighted by Crippen LogP contribution is -2.46. The highest BCUT2D eigenvalue weighted by atomic mass is 19.4. The average molecular weight is 442 g/mol. The van der Waals surface area contributed by atoms with Crippen molar-refractivity contribution in [3.8, 4) is 5.75 Å². The fourth-order valence-electron chi connectivity index (χ4n) is 4.46. The lowest BCUT2D eigenvalue weighted by atomic mass is 9.80. The Kier molecular flexibility index (Phi) is 8.22. The lowest BCUT2D eigenvalue weighted by Gasteiger charge is -2.37. The van der Waals surface area contributed by atoms with Crippen molar-refractivity contribution < 1.29 is 22.7 Å². The van der Waals surface area contributed by atoms with Crippen molar-refractivity contribution in [1.82, 2.24) is 14.7 Å². The largest absolute Gasteiger partial charge is 0.416 e. The van der Waals surface area contributed by atoms with Gasteiger partial charge in [-0.15, -0.1) is 0 Å². The third kappa shape index (κ3) is 7.38. The number of halogens is 3. The molecule has 1 saturated heterocycles. The minimum atomic E-state index is -4.40. The lowest BCUT2D eigenvalue weighted by molar-refractivity contribution is -0.137. The number of piperazine rings is 1. The van der Waals surface area contributed by atoms with E-state index in [2.05, 4.69) is 16.8 Å². The summed E-state index contributed by atoms with van der Waals surface area (Å²) in [6, 6.07) is 4.19. The summed E-state index contributed by atoms with van der Waals surface area (Å²) in [7, 11) is 3.85. The van der Waals surface area contributed by atoms with Crippen LogP contribution in [0, 0.1) is 11.8 Å². The average Bonchev–Trinajstić information content (AvgIpc) is 2.74. The van der Waals surface area contributed by atoms with E-state index in [9.17, 15) is 18.0 Å². The number of amides is 1. The van der Waals surface area contributed by atoms with Crippen molar-refractivity contribution >= 4 is 6.09 Å². The molecule has 0 spiro atoms. The smallest absolute Gasteiger partial charge is 0.410 e.